The van der Waals surface area contributed by atoms with E-state index in [0.717, 1.165) is 38.3 Å². The largest absolute Gasteiger partial charge is 0.368 e. The molecule has 112 valence electrons. The minimum Gasteiger partial charge on any atom is -0.368 e. The van der Waals surface area contributed by atoms with Gasteiger partial charge in [0, 0.05) is 44.4 Å². The lowest BCUT2D eigenvalue weighted by molar-refractivity contribution is -0.384. The minimum atomic E-state index is -0.467. The van der Waals surface area contributed by atoms with Gasteiger partial charge in [-0.25, -0.2) is 0 Å². The molecule has 0 N–H and O–H groups in total. The van der Waals surface area contributed by atoms with E-state index in [1.807, 2.05) is 0 Å². The Hall–Kier alpha value is -2.13. The lowest BCUT2D eigenvalue weighted by atomic mass is 10.1. The Morgan fingerprint density at radius 2 is 2.05 bits per heavy atom. The Kier molecular flexibility index (Phi) is 4.76. The Morgan fingerprint density at radius 3 is 2.57 bits per heavy atom. The Labute approximate surface area is 124 Å². The number of nitrogens with zero attached hydrogens (tertiary/aromatic N) is 4. The van der Waals surface area contributed by atoms with Crippen LogP contribution in [0.1, 0.15) is 25.8 Å². The Bertz CT molecular complexity index is 559. The van der Waals surface area contributed by atoms with Gasteiger partial charge < -0.3 is 4.90 Å². The molecule has 6 nitrogen and oxygen atoms in total. The second-order valence-corrected chi connectivity index (χ2v) is 5.35. The van der Waals surface area contributed by atoms with Gasteiger partial charge in [-0.3, -0.25) is 15.0 Å². The number of non-ortho nitro benzene ring substituents is 1. The van der Waals surface area contributed by atoms with Crippen molar-refractivity contribution in [3.05, 3.63) is 33.9 Å². The van der Waals surface area contributed by atoms with Crippen molar-refractivity contribution in [1.29, 1.82) is 5.26 Å². The molecule has 1 fully saturated rings. The van der Waals surface area contributed by atoms with Crippen molar-refractivity contribution < 1.29 is 4.92 Å². The number of piperazine rings is 1. The highest BCUT2D eigenvalue weighted by atomic mass is 16.6. The second kappa shape index (κ2) is 6.55. The average molecular weight is 288 g/mol. The summed E-state index contributed by atoms with van der Waals surface area (Å²) in [6.45, 7) is 8.00. The SMILES string of the molecule is CCC(C)N1CCN(c2ccc([N+](=O)[O-])cc2C#N)CC1. The maximum atomic E-state index is 10.8. The van der Waals surface area contributed by atoms with Crippen molar-refractivity contribution in [2.24, 2.45) is 0 Å². The first kappa shape index (κ1) is 15.3. The van der Waals surface area contributed by atoms with Crippen LogP contribution in [-0.2, 0) is 0 Å². The van der Waals surface area contributed by atoms with Crippen molar-refractivity contribution in [2.75, 3.05) is 31.1 Å². The summed E-state index contributed by atoms with van der Waals surface area (Å²) in [5, 5.41) is 20.0. The molecule has 0 radical (unpaired) electrons. The molecule has 0 saturated carbocycles. The molecular formula is C15H20N4O2. The number of nitro benzene ring substituents is 1. The topological polar surface area (TPSA) is 73.4 Å². The monoisotopic (exact) mass is 288 g/mol. The highest BCUT2D eigenvalue weighted by molar-refractivity contribution is 5.63. The molecule has 2 rings (SSSR count). The molecule has 1 unspecified atom stereocenters. The van der Waals surface area contributed by atoms with E-state index >= 15 is 0 Å². The lowest BCUT2D eigenvalue weighted by Crippen LogP contribution is -2.49. The van der Waals surface area contributed by atoms with Gasteiger partial charge in [-0.2, -0.15) is 5.26 Å². The van der Waals surface area contributed by atoms with E-state index in [1.165, 1.54) is 12.1 Å². The van der Waals surface area contributed by atoms with Crippen LogP contribution in [0.2, 0.25) is 0 Å². The molecule has 0 spiro atoms. The summed E-state index contributed by atoms with van der Waals surface area (Å²) in [6.07, 6.45) is 1.13. The molecule has 1 atom stereocenters. The van der Waals surface area contributed by atoms with E-state index in [2.05, 4.69) is 29.7 Å². The van der Waals surface area contributed by atoms with E-state index in [0.29, 0.717) is 11.6 Å². The van der Waals surface area contributed by atoms with Gasteiger partial charge in [0.25, 0.3) is 5.69 Å². The molecule has 1 aliphatic heterocycles. The van der Waals surface area contributed by atoms with Crippen LogP contribution in [-0.4, -0.2) is 42.0 Å². The van der Waals surface area contributed by atoms with Gasteiger partial charge >= 0.3 is 0 Å². The molecule has 1 saturated heterocycles. The van der Waals surface area contributed by atoms with Gasteiger partial charge in [0.2, 0.25) is 0 Å². The summed E-state index contributed by atoms with van der Waals surface area (Å²) in [7, 11) is 0. The third-order valence-corrected chi connectivity index (χ3v) is 4.18. The quantitative estimate of drug-likeness (QED) is 0.628. The predicted molar refractivity (Wildman–Crippen MR) is 81.4 cm³/mol. The number of hydrogen-bond donors (Lipinski definition) is 0. The van der Waals surface area contributed by atoms with Crippen LogP contribution in [0, 0.1) is 21.4 Å². The third-order valence-electron chi connectivity index (χ3n) is 4.18. The number of nitro groups is 1. The normalized spacial score (nSPS) is 17.3. The zero-order valence-electron chi connectivity index (χ0n) is 12.5. The Morgan fingerprint density at radius 1 is 1.38 bits per heavy atom. The number of hydrogen-bond acceptors (Lipinski definition) is 5. The average Bonchev–Trinajstić information content (AvgIpc) is 2.53. The van der Waals surface area contributed by atoms with E-state index in [4.69, 9.17) is 0 Å². The van der Waals surface area contributed by atoms with Crippen molar-refractivity contribution in [1.82, 2.24) is 4.90 Å². The number of anilines is 1. The van der Waals surface area contributed by atoms with E-state index in [9.17, 15) is 15.4 Å². The highest BCUT2D eigenvalue weighted by Gasteiger charge is 2.22. The summed E-state index contributed by atoms with van der Waals surface area (Å²) in [5.41, 5.74) is 1.14. The van der Waals surface area contributed by atoms with Gasteiger partial charge in [-0.1, -0.05) is 6.92 Å². The zero-order chi connectivity index (χ0) is 15.4. The molecule has 1 heterocycles. The molecular weight excluding hydrogens is 268 g/mol. The van der Waals surface area contributed by atoms with Crippen LogP contribution in [0.25, 0.3) is 0 Å². The molecule has 0 aromatic heterocycles. The molecule has 1 aromatic rings. The highest BCUT2D eigenvalue weighted by Crippen LogP contribution is 2.26. The van der Waals surface area contributed by atoms with E-state index in [1.54, 1.807) is 6.07 Å². The minimum absolute atomic E-state index is 0.0338. The molecule has 0 amide bonds. The van der Waals surface area contributed by atoms with Gasteiger partial charge in [-0.05, 0) is 19.4 Å². The van der Waals surface area contributed by atoms with E-state index in [-0.39, 0.29) is 5.69 Å². The standard InChI is InChI=1S/C15H20N4O2/c1-3-12(2)17-6-8-18(9-7-17)15-5-4-14(19(20)21)10-13(15)11-16/h4-5,10,12H,3,6-9H2,1-2H3. The fraction of sp³-hybridized carbons (Fsp3) is 0.533. The van der Waals surface area contributed by atoms with Crippen molar-refractivity contribution in [2.45, 2.75) is 26.3 Å². The first-order chi connectivity index (χ1) is 10.1. The molecule has 6 heteroatoms. The summed E-state index contributed by atoms with van der Waals surface area (Å²) in [4.78, 5) is 14.9. The first-order valence-corrected chi connectivity index (χ1v) is 7.24. The fourth-order valence-corrected chi connectivity index (χ4v) is 2.66. The molecule has 1 aliphatic rings. The van der Waals surface area contributed by atoms with Crippen LogP contribution in [0.15, 0.2) is 18.2 Å². The molecule has 21 heavy (non-hydrogen) atoms. The number of nitriles is 1. The van der Waals surface area contributed by atoms with Crippen molar-refractivity contribution in [3.63, 3.8) is 0 Å². The Balaban J connectivity index is 2.13. The smallest absolute Gasteiger partial charge is 0.270 e. The van der Waals surface area contributed by atoms with Crippen LogP contribution < -0.4 is 4.90 Å². The summed E-state index contributed by atoms with van der Waals surface area (Å²) >= 11 is 0. The van der Waals surface area contributed by atoms with Crippen LogP contribution in [0.5, 0.6) is 0 Å². The molecule has 0 bridgehead atoms. The van der Waals surface area contributed by atoms with Gasteiger partial charge in [0.05, 0.1) is 16.2 Å². The van der Waals surface area contributed by atoms with Crippen LogP contribution in [0.4, 0.5) is 11.4 Å². The number of benzene rings is 1. The maximum absolute atomic E-state index is 10.8. The van der Waals surface area contributed by atoms with Crippen LogP contribution >= 0.6 is 0 Å². The van der Waals surface area contributed by atoms with E-state index < -0.39 is 4.92 Å². The number of rotatable bonds is 4. The summed E-state index contributed by atoms with van der Waals surface area (Å²) < 4.78 is 0. The lowest BCUT2D eigenvalue weighted by Gasteiger charge is -2.39. The first-order valence-electron chi connectivity index (χ1n) is 7.24. The van der Waals surface area contributed by atoms with Gasteiger partial charge in [-0.15, -0.1) is 0 Å². The maximum Gasteiger partial charge on any atom is 0.270 e. The second-order valence-electron chi connectivity index (χ2n) is 5.35. The fourth-order valence-electron chi connectivity index (χ4n) is 2.66. The summed E-state index contributed by atoms with van der Waals surface area (Å²) in [5.74, 6) is 0. The van der Waals surface area contributed by atoms with Crippen LogP contribution in [0.3, 0.4) is 0 Å². The van der Waals surface area contributed by atoms with Crippen molar-refractivity contribution in [3.8, 4) is 6.07 Å². The third kappa shape index (κ3) is 3.31. The zero-order valence-corrected chi connectivity index (χ0v) is 12.5. The molecule has 1 aromatic carbocycles. The molecule has 0 aliphatic carbocycles. The van der Waals surface area contributed by atoms with Gasteiger partial charge in [0.15, 0.2) is 0 Å². The summed E-state index contributed by atoms with van der Waals surface area (Å²) in [6, 6.07) is 7.16. The predicted octanol–water partition coefficient (Wildman–Crippen LogP) is 2.39. The van der Waals surface area contributed by atoms with Crippen molar-refractivity contribution >= 4 is 11.4 Å². The van der Waals surface area contributed by atoms with Gasteiger partial charge in [0.1, 0.15) is 6.07 Å².